The van der Waals surface area contributed by atoms with Gasteiger partial charge < -0.3 is 14.5 Å². The van der Waals surface area contributed by atoms with Crippen LogP contribution in [0, 0.1) is 0 Å². The van der Waals surface area contributed by atoms with Gasteiger partial charge >= 0.3 is 20.2 Å². The van der Waals surface area contributed by atoms with E-state index in [9.17, 15) is 14.2 Å². The molecule has 0 aliphatic carbocycles. The van der Waals surface area contributed by atoms with Gasteiger partial charge in [-0.15, -0.1) is 0 Å². The zero-order valence-electron chi connectivity index (χ0n) is 7.34. The second-order valence-electron chi connectivity index (χ2n) is 2.54. The number of rotatable bonds is 3. The normalized spacial score (nSPS) is 11.8. The Balaban J connectivity index is 2.84. The van der Waals surface area contributed by atoms with Crippen molar-refractivity contribution in [3.8, 4) is 0 Å². The van der Waals surface area contributed by atoms with Crippen molar-refractivity contribution in [2.45, 2.75) is 0 Å². The number of benzene rings is 1. The predicted molar refractivity (Wildman–Crippen MR) is 50.0 cm³/mol. The predicted octanol–water partition coefficient (Wildman–Crippen LogP) is 0.924. The highest BCUT2D eigenvalue weighted by Gasteiger charge is 2.10. The molecule has 0 fully saturated rings. The SMILES string of the molecule is O=C(O)c1ccc(C(=O)O[PH](=O)O)cc1. The first-order valence-electron chi connectivity index (χ1n) is 3.79. The fourth-order valence-electron chi connectivity index (χ4n) is 0.887. The maximum atomic E-state index is 11.0. The van der Waals surface area contributed by atoms with E-state index in [0.29, 0.717) is 0 Å². The number of carboxylic acid groups (broad SMARTS) is 1. The summed E-state index contributed by atoms with van der Waals surface area (Å²) < 4.78 is 14.3. The molecule has 2 N–H and O–H groups in total. The molecule has 0 saturated heterocycles. The Hall–Kier alpha value is -1.65. The molecule has 1 rings (SSSR count). The monoisotopic (exact) mass is 230 g/mol. The molecule has 6 nitrogen and oxygen atoms in total. The number of hydrogen-bond donors (Lipinski definition) is 2. The van der Waals surface area contributed by atoms with Crippen molar-refractivity contribution in [1.82, 2.24) is 0 Å². The van der Waals surface area contributed by atoms with Crippen LogP contribution in [0.5, 0.6) is 0 Å². The molecule has 1 aromatic rings. The maximum Gasteiger partial charge on any atom is 0.367 e. The molecule has 0 heterocycles. The van der Waals surface area contributed by atoms with E-state index < -0.39 is 20.2 Å². The summed E-state index contributed by atoms with van der Waals surface area (Å²) in [6, 6.07) is 4.81. The van der Waals surface area contributed by atoms with Gasteiger partial charge in [-0.1, -0.05) is 0 Å². The van der Waals surface area contributed by atoms with Gasteiger partial charge in [0.05, 0.1) is 11.1 Å². The summed E-state index contributed by atoms with van der Waals surface area (Å²) in [5.41, 5.74) is 0.0376. The summed E-state index contributed by atoms with van der Waals surface area (Å²) in [5.74, 6) is -2.08. The molecule has 80 valence electrons. The Bertz CT molecular complexity index is 410. The lowest BCUT2D eigenvalue weighted by atomic mass is 10.1. The minimum absolute atomic E-state index is 0.0169. The third-order valence-electron chi connectivity index (χ3n) is 1.55. The molecular weight excluding hydrogens is 223 g/mol. The molecule has 0 spiro atoms. The Morgan fingerprint density at radius 1 is 1.13 bits per heavy atom. The minimum Gasteiger partial charge on any atom is -0.478 e. The summed E-state index contributed by atoms with van der Waals surface area (Å²) in [4.78, 5) is 29.8. The largest absolute Gasteiger partial charge is 0.478 e. The van der Waals surface area contributed by atoms with Crippen LogP contribution in [-0.4, -0.2) is 21.9 Å². The van der Waals surface area contributed by atoms with Crippen LogP contribution in [0.15, 0.2) is 24.3 Å². The van der Waals surface area contributed by atoms with E-state index in [0.717, 1.165) is 0 Å². The summed E-state index contributed by atoms with van der Waals surface area (Å²) in [6.07, 6.45) is 0. The van der Waals surface area contributed by atoms with Crippen LogP contribution in [0.3, 0.4) is 0 Å². The first-order chi connectivity index (χ1) is 7.00. The molecule has 1 aromatic carbocycles. The standard InChI is InChI=1S/C8H7O6P/c9-7(10)5-1-3-6(4-2-5)8(11)14-15(12)13/h1-4,15H,(H,9,10)(H,12,13). The molecule has 0 radical (unpaired) electrons. The van der Waals surface area contributed by atoms with Crippen LogP contribution in [0.2, 0.25) is 0 Å². The van der Waals surface area contributed by atoms with E-state index >= 15 is 0 Å². The zero-order valence-corrected chi connectivity index (χ0v) is 8.34. The number of carbonyl (C=O) groups is 2. The van der Waals surface area contributed by atoms with Gasteiger partial charge in [0, 0.05) is 0 Å². The van der Waals surface area contributed by atoms with Gasteiger partial charge in [-0.25, -0.2) is 14.2 Å². The smallest absolute Gasteiger partial charge is 0.367 e. The van der Waals surface area contributed by atoms with Crippen LogP contribution < -0.4 is 0 Å². The van der Waals surface area contributed by atoms with Gasteiger partial charge in [0.15, 0.2) is 0 Å². The second-order valence-corrected chi connectivity index (χ2v) is 3.27. The fourth-order valence-corrected chi connectivity index (χ4v) is 1.16. The average Bonchev–Trinajstić information content (AvgIpc) is 2.17. The third kappa shape index (κ3) is 3.19. The number of carbonyl (C=O) groups excluding carboxylic acids is 1. The van der Waals surface area contributed by atoms with Gasteiger partial charge in [0.2, 0.25) is 0 Å². The molecule has 1 unspecified atom stereocenters. The van der Waals surface area contributed by atoms with E-state index in [1.807, 2.05) is 0 Å². The Morgan fingerprint density at radius 3 is 2.00 bits per heavy atom. The Kier molecular flexibility index (Phi) is 3.60. The number of carboxylic acids is 1. The van der Waals surface area contributed by atoms with Gasteiger partial charge in [-0.3, -0.25) is 0 Å². The first-order valence-corrected chi connectivity index (χ1v) is 5.05. The van der Waals surface area contributed by atoms with Gasteiger partial charge in [-0.05, 0) is 24.3 Å². The maximum absolute atomic E-state index is 11.0. The highest BCUT2D eigenvalue weighted by Crippen LogP contribution is 2.18. The molecule has 0 aromatic heterocycles. The van der Waals surface area contributed by atoms with Crippen molar-refractivity contribution in [1.29, 1.82) is 0 Å². The average molecular weight is 230 g/mol. The van der Waals surface area contributed by atoms with Crippen LogP contribution in [-0.2, 0) is 9.09 Å². The lowest BCUT2D eigenvalue weighted by Crippen LogP contribution is -2.01. The third-order valence-corrected chi connectivity index (χ3v) is 1.91. The molecule has 1 atom stereocenters. The zero-order chi connectivity index (χ0) is 11.4. The highest BCUT2D eigenvalue weighted by molar-refractivity contribution is 7.32. The number of hydrogen-bond acceptors (Lipinski definition) is 4. The van der Waals surface area contributed by atoms with Crippen molar-refractivity contribution >= 4 is 20.2 Å². The molecular formula is C8H7O6P. The van der Waals surface area contributed by atoms with Crippen LogP contribution in [0.25, 0.3) is 0 Å². The highest BCUT2D eigenvalue weighted by atomic mass is 31.1. The van der Waals surface area contributed by atoms with E-state index in [-0.39, 0.29) is 11.1 Å². The van der Waals surface area contributed by atoms with Crippen LogP contribution in [0.4, 0.5) is 0 Å². The van der Waals surface area contributed by atoms with E-state index in [1.54, 1.807) is 0 Å². The van der Waals surface area contributed by atoms with Crippen LogP contribution >= 0.6 is 8.25 Å². The molecule has 7 heteroatoms. The summed E-state index contributed by atoms with van der Waals surface area (Å²) >= 11 is 0. The van der Waals surface area contributed by atoms with E-state index in [4.69, 9.17) is 10.00 Å². The quantitative estimate of drug-likeness (QED) is 0.749. The fraction of sp³-hybridized carbons (Fsp3) is 0. The van der Waals surface area contributed by atoms with Gasteiger partial charge in [0.1, 0.15) is 0 Å². The van der Waals surface area contributed by atoms with Crippen molar-refractivity contribution in [2.75, 3.05) is 0 Å². The molecule has 0 aliphatic rings. The lowest BCUT2D eigenvalue weighted by molar-refractivity contribution is 0.0690. The molecule has 0 aliphatic heterocycles. The van der Waals surface area contributed by atoms with Crippen LogP contribution in [0.1, 0.15) is 20.7 Å². The van der Waals surface area contributed by atoms with Gasteiger partial charge in [0.25, 0.3) is 0 Å². The molecule has 0 amide bonds. The van der Waals surface area contributed by atoms with E-state index in [2.05, 4.69) is 4.52 Å². The first kappa shape index (κ1) is 11.4. The van der Waals surface area contributed by atoms with Crippen molar-refractivity contribution in [2.24, 2.45) is 0 Å². The molecule has 0 saturated carbocycles. The van der Waals surface area contributed by atoms with Gasteiger partial charge in [-0.2, -0.15) is 0 Å². The van der Waals surface area contributed by atoms with Crippen molar-refractivity contribution in [3.63, 3.8) is 0 Å². The minimum atomic E-state index is -3.32. The topological polar surface area (TPSA) is 101 Å². The van der Waals surface area contributed by atoms with Crippen molar-refractivity contribution < 1.29 is 28.7 Å². The second kappa shape index (κ2) is 4.72. The lowest BCUT2D eigenvalue weighted by Gasteiger charge is -2.00. The Morgan fingerprint density at radius 2 is 1.60 bits per heavy atom. The van der Waals surface area contributed by atoms with E-state index in [1.165, 1.54) is 24.3 Å². The molecule has 0 bridgehead atoms. The summed E-state index contributed by atoms with van der Waals surface area (Å²) in [7, 11) is -3.32. The summed E-state index contributed by atoms with van der Waals surface area (Å²) in [6.45, 7) is 0. The summed E-state index contributed by atoms with van der Waals surface area (Å²) in [5, 5.41) is 8.56. The molecule has 15 heavy (non-hydrogen) atoms. The Labute approximate surface area is 85.1 Å². The number of aromatic carboxylic acids is 1. The van der Waals surface area contributed by atoms with Crippen molar-refractivity contribution in [3.05, 3.63) is 35.4 Å².